The molecule has 0 aliphatic carbocycles. The van der Waals surface area contributed by atoms with Crippen molar-refractivity contribution < 1.29 is 8.81 Å². The third-order valence-corrected chi connectivity index (χ3v) is 3.22. The molecule has 1 aromatic carbocycles. The van der Waals surface area contributed by atoms with Crippen LogP contribution in [0.25, 0.3) is 0 Å². The van der Waals surface area contributed by atoms with E-state index in [1.165, 1.54) is 6.07 Å². The van der Waals surface area contributed by atoms with Gasteiger partial charge in [-0.05, 0) is 44.2 Å². The molecule has 18 heavy (non-hydrogen) atoms. The molecule has 1 unspecified atom stereocenters. The van der Waals surface area contributed by atoms with Crippen molar-refractivity contribution in [3.05, 3.63) is 58.3 Å². The van der Waals surface area contributed by atoms with E-state index >= 15 is 0 Å². The largest absolute Gasteiger partial charge is 0.469 e. The van der Waals surface area contributed by atoms with Crippen molar-refractivity contribution in [2.45, 2.75) is 19.4 Å². The molecule has 0 amide bonds. The zero-order chi connectivity index (χ0) is 13.1. The minimum Gasteiger partial charge on any atom is -0.469 e. The molecule has 2 aromatic rings. The van der Waals surface area contributed by atoms with Crippen molar-refractivity contribution in [1.82, 2.24) is 5.32 Å². The van der Waals surface area contributed by atoms with E-state index in [2.05, 4.69) is 5.32 Å². The number of aryl methyl sites for hydroxylation is 1. The maximum atomic E-state index is 13.1. The van der Waals surface area contributed by atoms with E-state index in [1.54, 1.807) is 18.4 Å². The summed E-state index contributed by atoms with van der Waals surface area (Å²) in [5.74, 6) is 0.489. The fourth-order valence-corrected chi connectivity index (χ4v) is 2.14. The van der Waals surface area contributed by atoms with Crippen LogP contribution in [0.2, 0.25) is 5.02 Å². The Labute approximate surface area is 111 Å². The molecule has 0 aliphatic heterocycles. The number of rotatable bonds is 4. The molecule has 1 aromatic heterocycles. The summed E-state index contributed by atoms with van der Waals surface area (Å²) in [4.78, 5) is 0. The Balaban J connectivity index is 2.17. The van der Waals surface area contributed by atoms with E-state index in [-0.39, 0.29) is 16.9 Å². The summed E-state index contributed by atoms with van der Waals surface area (Å²) >= 11 is 5.78. The zero-order valence-electron chi connectivity index (χ0n) is 10.3. The van der Waals surface area contributed by atoms with Crippen LogP contribution in [-0.4, -0.2) is 7.05 Å². The lowest BCUT2D eigenvalue weighted by Gasteiger charge is -2.14. The predicted molar refractivity (Wildman–Crippen MR) is 70.4 cm³/mol. The first kappa shape index (κ1) is 13.1. The average Bonchev–Trinajstić information content (AvgIpc) is 2.77. The fraction of sp³-hybridized carbons (Fsp3) is 0.286. The van der Waals surface area contributed by atoms with Crippen LogP contribution >= 0.6 is 11.6 Å². The van der Waals surface area contributed by atoms with Gasteiger partial charge in [-0.2, -0.15) is 0 Å². The van der Waals surface area contributed by atoms with Gasteiger partial charge in [-0.3, -0.25) is 0 Å². The highest BCUT2D eigenvalue weighted by molar-refractivity contribution is 6.30. The van der Waals surface area contributed by atoms with E-state index in [9.17, 15) is 4.39 Å². The van der Waals surface area contributed by atoms with Crippen molar-refractivity contribution in [2.75, 3.05) is 7.05 Å². The summed E-state index contributed by atoms with van der Waals surface area (Å²) in [6, 6.07) is 6.92. The molecule has 0 radical (unpaired) electrons. The number of benzene rings is 1. The Hall–Kier alpha value is -1.32. The van der Waals surface area contributed by atoms with Gasteiger partial charge in [0.15, 0.2) is 0 Å². The van der Waals surface area contributed by atoms with Crippen molar-refractivity contribution in [1.29, 1.82) is 0 Å². The molecule has 0 bridgehead atoms. The lowest BCUT2D eigenvalue weighted by molar-refractivity contribution is 0.520. The summed E-state index contributed by atoms with van der Waals surface area (Å²) in [7, 11) is 1.89. The first-order valence-electron chi connectivity index (χ1n) is 5.76. The minimum absolute atomic E-state index is 0.129. The van der Waals surface area contributed by atoms with Gasteiger partial charge in [-0.1, -0.05) is 17.7 Å². The van der Waals surface area contributed by atoms with Crippen LogP contribution < -0.4 is 5.32 Å². The topological polar surface area (TPSA) is 25.2 Å². The average molecular weight is 268 g/mol. The van der Waals surface area contributed by atoms with Crippen LogP contribution in [0.4, 0.5) is 4.39 Å². The van der Waals surface area contributed by atoms with Gasteiger partial charge in [0.1, 0.15) is 11.6 Å². The molecule has 1 N–H and O–H groups in total. The van der Waals surface area contributed by atoms with Crippen molar-refractivity contribution >= 4 is 11.6 Å². The van der Waals surface area contributed by atoms with E-state index in [0.29, 0.717) is 0 Å². The molecule has 0 aliphatic rings. The van der Waals surface area contributed by atoms with E-state index < -0.39 is 0 Å². The van der Waals surface area contributed by atoms with Crippen molar-refractivity contribution in [2.24, 2.45) is 0 Å². The second-order valence-electron chi connectivity index (χ2n) is 4.28. The molecule has 0 spiro atoms. The van der Waals surface area contributed by atoms with Crippen LogP contribution in [0.15, 0.2) is 34.9 Å². The zero-order valence-corrected chi connectivity index (χ0v) is 11.1. The molecular formula is C14H15ClFNO. The highest BCUT2D eigenvalue weighted by Gasteiger charge is 2.13. The minimum atomic E-state index is -0.388. The Morgan fingerprint density at radius 3 is 2.72 bits per heavy atom. The molecule has 2 nitrogen and oxygen atoms in total. The van der Waals surface area contributed by atoms with Gasteiger partial charge in [-0.25, -0.2) is 4.39 Å². The molecule has 0 saturated carbocycles. The number of nitrogens with one attached hydrogen (secondary N) is 1. The third-order valence-electron chi connectivity index (χ3n) is 2.93. The molecule has 1 heterocycles. The van der Waals surface area contributed by atoms with E-state index in [0.717, 1.165) is 23.3 Å². The Morgan fingerprint density at radius 1 is 1.39 bits per heavy atom. The summed E-state index contributed by atoms with van der Waals surface area (Å²) in [6.07, 6.45) is 2.47. The van der Waals surface area contributed by atoms with Crippen LogP contribution in [0.1, 0.15) is 22.9 Å². The van der Waals surface area contributed by atoms with Gasteiger partial charge in [0.25, 0.3) is 0 Å². The number of halogens is 2. The monoisotopic (exact) mass is 267 g/mol. The predicted octanol–water partition coefficient (Wildman–Crippen LogP) is 3.88. The highest BCUT2D eigenvalue weighted by Crippen LogP contribution is 2.23. The van der Waals surface area contributed by atoms with Crippen LogP contribution in [0.5, 0.6) is 0 Å². The standard InChI is InChI=1S/C14H15ClFNO/c1-9-5-11(8-18-9)14(17-2)7-10-3-4-13(16)12(15)6-10/h3-6,8,14,17H,7H2,1-2H3. The Bertz CT molecular complexity index is 538. The van der Waals surface area contributed by atoms with Crippen molar-refractivity contribution in [3.63, 3.8) is 0 Å². The maximum Gasteiger partial charge on any atom is 0.141 e. The van der Waals surface area contributed by atoms with Gasteiger partial charge in [0, 0.05) is 11.6 Å². The number of hydrogen-bond acceptors (Lipinski definition) is 2. The lowest BCUT2D eigenvalue weighted by Crippen LogP contribution is -2.18. The fourth-order valence-electron chi connectivity index (χ4n) is 1.94. The summed E-state index contributed by atoms with van der Waals surface area (Å²) in [6.45, 7) is 1.91. The van der Waals surface area contributed by atoms with E-state index in [4.69, 9.17) is 16.0 Å². The van der Waals surface area contributed by atoms with Crippen LogP contribution in [-0.2, 0) is 6.42 Å². The Morgan fingerprint density at radius 2 is 2.17 bits per heavy atom. The SMILES string of the molecule is CNC(Cc1ccc(F)c(Cl)c1)c1coc(C)c1. The van der Waals surface area contributed by atoms with E-state index in [1.807, 2.05) is 20.0 Å². The van der Waals surface area contributed by atoms with Crippen molar-refractivity contribution in [3.8, 4) is 0 Å². The van der Waals surface area contributed by atoms with Gasteiger partial charge in [-0.15, -0.1) is 0 Å². The normalized spacial score (nSPS) is 12.7. The summed E-state index contributed by atoms with van der Waals surface area (Å²) in [5, 5.41) is 3.38. The van der Waals surface area contributed by atoms with Gasteiger partial charge in [0.05, 0.1) is 11.3 Å². The quantitative estimate of drug-likeness (QED) is 0.909. The van der Waals surface area contributed by atoms with Crippen LogP contribution in [0.3, 0.4) is 0 Å². The molecule has 96 valence electrons. The summed E-state index contributed by atoms with van der Waals surface area (Å²) in [5.41, 5.74) is 2.06. The second-order valence-corrected chi connectivity index (χ2v) is 4.69. The van der Waals surface area contributed by atoms with Gasteiger partial charge >= 0.3 is 0 Å². The molecule has 2 rings (SSSR count). The van der Waals surface area contributed by atoms with Gasteiger partial charge < -0.3 is 9.73 Å². The highest BCUT2D eigenvalue weighted by atomic mass is 35.5. The van der Waals surface area contributed by atoms with Gasteiger partial charge in [0.2, 0.25) is 0 Å². The second kappa shape index (κ2) is 5.55. The Kier molecular flexibility index (Phi) is 4.04. The third kappa shape index (κ3) is 2.92. The molecule has 1 atom stereocenters. The smallest absolute Gasteiger partial charge is 0.141 e. The summed E-state index contributed by atoms with van der Waals surface area (Å²) < 4.78 is 18.4. The maximum absolute atomic E-state index is 13.1. The first-order valence-corrected chi connectivity index (χ1v) is 6.14. The number of hydrogen-bond donors (Lipinski definition) is 1. The molecular weight excluding hydrogens is 253 g/mol. The molecule has 0 fully saturated rings. The number of likely N-dealkylation sites (N-methyl/N-ethyl adjacent to an activating group) is 1. The lowest BCUT2D eigenvalue weighted by atomic mass is 10.0. The van der Waals surface area contributed by atoms with Crippen LogP contribution in [0, 0.1) is 12.7 Å². The molecule has 0 saturated heterocycles. The molecule has 4 heteroatoms. The number of furan rings is 1. The first-order chi connectivity index (χ1) is 8.60.